The van der Waals surface area contributed by atoms with Crippen LogP contribution in [0.3, 0.4) is 0 Å². The van der Waals surface area contributed by atoms with Crippen molar-refractivity contribution in [1.82, 2.24) is 4.57 Å². The predicted molar refractivity (Wildman–Crippen MR) is 108 cm³/mol. The molecular weight excluding hydrogens is 378 g/mol. The molecule has 0 aliphatic heterocycles. The first kappa shape index (κ1) is 18.7. The third-order valence-electron chi connectivity index (χ3n) is 4.07. The normalized spacial score (nSPS) is 11.0. The Kier molecular flexibility index (Phi) is 5.57. The van der Waals surface area contributed by atoms with Gasteiger partial charge in [0, 0.05) is 5.02 Å². The number of hydrogen-bond acceptors (Lipinski definition) is 4. The monoisotopic (exact) mass is 391 g/mol. The lowest BCUT2D eigenvalue weighted by atomic mass is 10.1. The Morgan fingerprint density at radius 2 is 1.81 bits per heavy atom. The Morgan fingerprint density at radius 1 is 1.15 bits per heavy atom. The van der Waals surface area contributed by atoms with E-state index in [-0.39, 0.29) is 11.1 Å². The maximum atomic E-state index is 13.2. The van der Waals surface area contributed by atoms with Crippen LogP contribution in [0.25, 0.3) is 17.3 Å². The number of halogens is 1. The minimum Gasteiger partial charge on any atom is -0.267 e. The van der Waals surface area contributed by atoms with Gasteiger partial charge in [-0.15, -0.1) is 11.3 Å². The van der Waals surface area contributed by atoms with Crippen molar-refractivity contribution in [2.75, 3.05) is 0 Å². The van der Waals surface area contributed by atoms with Crippen LogP contribution >= 0.6 is 22.9 Å². The molecule has 1 heterocycles. The minimum atomic E-state index is -0.279. The van der Waals surface area contributed by atoms with Gasteiger partial charge in [0.05, 0.1) is 10.2 Å². The van der Waals surface area contributed by atoms with E-state index in [1.165, 1.54) is 4.57 Å². The summed E-state index contributed by atoms with van der Waals surface area (Å²) in [5, 5.41) is 19.2. The molecule has 0 aliphatic rings. The molecular formula is C21H14ClN3OS. The van der Waals surface area contributed by atoms with Gasteiger partial charge in [-0.05, 0) is 35.8 Å². The first-order valence-electron chi connectivity index (χ1n) is 8.21. The van der Waals surface area contributed by atoms with E-state index in [4.69, 9.17) is 11.6 Å². The highest BCUT2D eigenvalue weighted by molar-refractivity contribution is 7.07. The van der Waals surface area contributed by atoms with Gasteiger partial charge in [0.1, 0.15) is 16.8 Å². The molecule has 0 radical (unpaired) electrons. The number of hydrogen-bond donors (Lipinski definition) is 0. The smallest absolute Gasteiger partial charge is 0.267 e. The molecule has 0 saturated heterocycles. The molecule has 0 N–H and O–H groups in total. The van der Waals surface area contributed by atoms with E-state index < -0.39 is 0 Å². The van der Waals surface area contributed by atoms with Crippen LogP contribution in [-0.4, -0.2) is 4.57 Å². The molecule has 0 bridgehead atoms. The predicted octanol–water partition coefficient (Wildman–Crippen LogP) is 3.14. The standard InChI is InChI=1S/C21H14ClN3OS/c1-2-14-7-4-6-10-18(14)25-20(26)19(27-21(25)16(12-23)13-24)11-15-8-3-5-9-17(15)22/h3-11H,2H2,1H3/b19-11+. The summed E-state index contributed by atoms with van der Waals surface area (Å²) >= 11 is 7.32. The highest BCUT2D eigenvalue weighted by Gasteiger charge is 2.13. The fraction of sp³-hybridized carbons (Fsp3) is 0.0952. The van der Waals surface area contributed by atoms with Gasteiger partial charge in [0.15, 0.2) is 5.57 Å². The van der Waals surface area contributed by atoms with Crippen molar-refractivity contribution in [3.05, 3.63) is 84.2 Å². The Bertz CT molecular complexity index is 1260. The van der Waals surface area contributed by atoms with Crippen LogP contribution in [0.5, 0.6) is 0 Å². The van der Waals surface area contributed by atoms with Gasteiger partial charge in [-0.2, -0.15) is 10.5 Å². The minimum absolute atomic E-state index is 0.0955. The Balaban J connectivity index is 2.46. The fourth-order valence-electron chi connectivity index (χ4n) is 2.75. The van der Waals surface area contributed by atoms with Crippen molar-refractivity contribution in [2.24, 2.45) is 0 Å². The molecule has 4 nitrogen and oxygen atoms in total. The zero-order chi connectivity index (χ0) is 19.4. The van der Waals surface area contributed by atoms with Crippen molar-refractivity contribution in [3.63, 3.8) is 0 Å². The maximum absolute atomic E-state index is 13.2. The van der Waals surface area contributed by atoms with Crippen LogP contribution in [0.1, 0.15) is 18.1 Å². The third kappa shape index (κ3) is 3.57. The molecule has 0 unspecified atom stereocenters. The van der Waals surface area contributed by atoms with Crippen LogP contribution < -0.4 is 14.8 Å². The molecule has 0 spiro atoms. The molecule has 0 fully saturated rings. The van der Waals surface area contributed by atoms with E-state index in [1.807, 2.05) is 61.5 Å². The summed E-state index contributed by atoms with van der Waals surface area (Å²) in [7, 11) is 0. The van der Waals surface area contributed by atoms with Gasteiger partial charge in [0.2, 0.25) is 0 Å². The molecule has 0 amide bonds. The van der Waals surface area contributed by atoms with E-state index >= 15 is 0 Å². The summed E-state index contributed by atoms with van der Waals surface area (Å²) in [4.78, 5) is 13.2. The van der Waals surface area contributed by atoms with Gasteiger partial charge in [0.25, 0.3) is 5.56 Å². The average Bonchev–Trinajstić information content (AvgIpc) is 3.00. The summed E-state index contributed by atoms with van der Waals surface area (Å²) in [5.41, 5.74) is 1.97. The lowest BCUT2D eigenvalue weighted by molar-refractivity contribution is 0.953. The van der Waals surface area contributed by atoms with Crippen LogP contribution in [0.4, 0.5) is 0 Å². The second-order valence-corrected chi connectivity index (χ2v) is 7.10. The van der Waals surface area contributed by atoms with Gasteiger partial charge < -0.3 is 0 Å². The molecule has 6 heteroatoms. The molecule has 3 rings (SSSR count). The number of thiazole rings is 1. The molecule has 1 aromatic heterocycles. The molecule has 0 saturated carbocycles. The van der Waals surface area contributed by atoms with Crippen LogP contribution in [0, 0.1) is 22.7 Å². The summed E-state index contributed by atoms with van der Waals surface area (Å²) < 4.78 is 2.18. The second kappa shape index (κ2) is 8.05. The third-order valence-corrected chi connectivity index (χ3v) is 5.50. The number of nitrogens with zero attached hydrogens (tertiary/aromatic N) is 3. The molecule has 27 heavy (non-hydrogen) atoms. The number of aryl methyl sites for hydroxylation is 1. The van der Waals surface area contributed by atoms with E-state index in [0.717, 1.165) is 23.3 Å². The highest BCUT2D eigenvalue weighted by Crippen LogP contribution is 2.16. The fourth-order valence-corrected chi connectivity index (χ4v) is 3.98. The number of aromatic nitrogens is 1. The highest BCUT2D eigenvalue weighted by atomic mass is 35.5. The van der Waals surface area contributed by atoms with Crippen molar-refractivity contribution in [2.45, 2.75) is 13.3 Å². The van der Waals surface area contributed by atoms with Crippen LogP contribution in [0.2, 0.25) is 5.02 Å². The molecule has 132 valence electrons. The number of nitriles is 2. The quantitative estimate of drug-likeness (QED) is 0.688. The largest absolute Gasteiger partial charge is 0.273 e. The van der Waals surface area contributed by atoms with Gasteiger partial charge in [-0.25, -0.2) is 0 Å². The van der Waals surface area contributed by atoms with Gasteiger partial charge in [-0.1, -0.05) is 54.9 Å². The molecule has 0 atom stereocenters. The summed E-state index contributed by atoms with van der Waals surface area (Å²) in [6.45, 7) is 1.99. The van der Waals surface area contributed by atoms with Crippen molar-refractivity contribution < 1.29 is 0 Å². The SMILES string of the molecule is CCc1ccccc1-n1c(=C(C#N)C#N)s/c(=C/c2ccccc2Cl)c1=O. The van der Waals surface area contributed by atoms with Gasteiger partial charge >= 0.3 is 0 Å². The molecule has 0 aliphatic carbocycles. The lowest BCUT2D eigenvalue weighted by Gasteiger charge is -2.08. The average molecular weight is 392 g/mol. The van der Waals surface area contributed by atoms with E-state index in [0.29, 0.717) is 25.5 Å². The van der Waals surface area contributed by atoms with Gasteiger partial charge in [-0.3, -0.25) is 9.36 Å². The van der Waals surface area contributed by atoms with Crippen LogP contribution in [0.15, 0.2) is 53.3 Å². The number of para-hydroxylation sites is 1. The summed E-state index contributed by atoms with van der Waals surface area (Å²) in [6.07, 6.45) is 2.41. The Hall–Kier alpha value is -3.12. The number of benzene rings is 2. The molecule has 3 aromatic rings. The zero-order valence-electron chi connectivity index (χ0n) is 14.4. The first-order valence-corrected chi connectivity index (χ1v) is 9.41. The van der Waals surface area contributed by atoms with E-state index in [9.17, 15) is 15.3 Å². The molecule has 2 aromatic carbocycles. The summed E-state index contributed by atoms with van der Waals surface area (Å²) in [5.74, 6) is 0. The first-order chi connectivity index (χ1) is 13.1. The lowest BCUT2D eigenvalue weighted by Crippen LogP contribution is -2.31. The van der Waals surface area contributed by atoms with Crippen molar-refractivity contribution in [3.8, 4) is 17.8 Å². The van der Waals surface area contributed by atoms with Crippen molar-refractivity contribution >= 4 is 34.6 Å². The Labute approximate surface area is 165 Å². The Morgan fingerprint density at radius 3 is 2.48 bits per heavy atom. The van der Waals surface area contributed by atoms with Crippen LogP contribution in [-0.2, 0) is 6.42 Å². The number of rotatable bonds is 3. The van der Waals surface area contributed by atoms with E-state index in [2.05, 4.69) is 0 Å². The summed E-state index contributed by atoms with van der Waals surface area (Å²) in [6, 6.07) is 18.5. The second-order valence-electron chi connectivity index (χ2n) is 5.66. The topological polar surface area (TPSA) is 69.6 Å². The maximum Gasteiger partial charge on any atom is 0.273 e. The zero-order valence-corrected chi connectivity index (χ0v) is 16.0. The van der Waals surface area contributed by atoms with Crippen molar-refractivity contribution in [1.29, 1.82) is 10.5 Å². The van der Waals surface area contributed by atoms with E-state index in [1.54, 1.807) is 12.1 Å².